The van der Waals surface area contributed by atoms with Crippen molar-refractivity contribution in [2.45, 2.75) is 0 Å². The summed E-state index contributed by atoms with van der Waals surface area (Å²) in [5, 5.41) is 3.35. The number of carbonyl (C=O) groups excluding carboxylic acids is 1. The largest absolute Gasteiger partial charge is 0.497 e. The van der Waals surface area contributed by atoms with Crippen LogP contribution in [-0.4, -0.2) is 24.8 Å². The van der Waals surface area contributed by atoms with Crippen molar-refractivity contribution in [2.24, 2.45) is 0 Å². The first-order valence-electron chi connectivity index (χ1n) is 9.82. The van der Waals surface area contributed by atoms with Gasteiger partial charge in [0.25, 0.3) is 5.91 Å². The maximum atomic E-state index is 13.7. The third kappa shape index (κ3) is 4.23. The lowest BCUT2D eigenvalue weighted by molar-refractivity contribution is 0.0999. The standard InChI is InChI=1S/C24H16Cl2N2O4S/c1-30-17-4-2-3-16(11-17)28(23(29)14-5-8-21-22(9-14)32-13-31-21)24-27-20(12-33-24)18-7-6-15(25)10-19(18)26/h2-12H,13H2,1H3. The monoisotopic (exact) mass is 498 g/mol. The van der Waals surface area contributed by atoms with Crippen molar-refractivity contribution >= 4 is 51.3 Å². The van der Waals surface area contributed by atoms with Crippen molar-refractivity contribution in [2.75, 3.05) is 18.8 Å². The second kappa shape index (κ2) is 8.94. The van der Waals surface area contributed by atoms with E-state index >= 15 is 0 Å². The molecule has 0 saturated carbocycles. The zero-order chi connectivity index (χ0) is 22.9. The van der Waals surface area contributed by atoms with Crippen LogP contribution in [0, 0.1) is 0 Å². The molecular weight excluding hydrogens is 483 g/mol. The Morgan fingerprint density at radius 2 is 1.91 bits per heavy atom. The summed E-state index contributed by atoms with van der Waals surface area (Å²) in [6.07, 6.45) is 0. The van der Waals surface area contributed by atoms with Gasteiger partial charge in [0.05, 0.1) is 23.5 Å². The van der Waals surface area contributed by atoms with Gasteiger partial charge in [-0.05, 0) is 48.5 Å². The average molecular weight is 499 g/mol. The number of benzene rings is 3. The number of hydrogen-bond donors (Lipinski definition) is 0. The molecule has 5 rings (SSSR count). The molecule has 0 saturated heterocycles. The normalized spacial score (nSPS) is 12.0. The number of halogens is 2. The maximum absolute atomic E-state index is 13.7. The van der Waals surface area contributed by atoms with Gasteiger partial charge in [0.1, 0.15) is 5.75 Å². The summed E-state index contributed by atoms with van der Waals surface area (Å²) in [6, 6.07) is 17.5. The highest BCUT2D eigenvalue weighted by molar-refractivity contribution is 7.14. The number of nitrogens with zero attached hydrogens (tertiary/aromatic N) is 2. The van der Waals surface area contributed by atoms with Gasteiger partial charge in [-0.3, -0.25) is 9.69 Å². The van der Waals surface area contributed by atoms with Gasteiger partial charge in [-0.1, -0.05) is 29.3 Å². The number of aromatic nitrogens is 1. The molecule has 1 aromatic heterocycles. The molecule has 9 heteroatoms. The Labute approximate surface area is 203 Å². The summed E-state index contributed by atoms with van der Waals surface area (Å²) in [7, 11) is 1.58. The van der Waals surface area contributed by atoms with E-state index < -0.39 is 0 Å². The van der Waals surface area contributed by atoms with E-state index in [1.807, 2.05) is 23.6 Å². The number of fused-ring (bicyclic) bond motifs is 1. The highest BCUT2D eigenvalue weighted by Crippen LogP contribution is 2.39. The summed E-state index contributed by atoms with van der Waals surface area (Å²) in [4.78, 5) is 20.0. The van der Waals surface area contributed by atoms with Crippen LogP contribution in [0.5, 0.6) is 17.2 Å². The fraction of sp³-hybridized carbons (Fsp3) is 0.0833. The van der Waals surface area contributed by atoms with Crippen LogP contribution in [0.25, 0.3) is 11.3 Å². The maximum Gasteiger partial charge on any atom is 0.264 e. The van der Waals surface area contributed by atoms with Crippen molar-refractivity contribution in [3.63, 3.8) is 0 Å². The van der Waals surface area contributed by atoms with Crippen LogP contribution in [0.1, 0.15) is 10.4 Å². The van der Waals surface area contributed by atoms with Crippen LogP contribution >= 0.6 is 34.5 Å². The summed E-state index contributed by atoms with van der Waals surface area (Å²) in [5.41, 5.74) is 2.41. The fourth-order valence-electron chi connectivity index (χ4n) is 3.41. The molecule has 0 atom stereocenters. The molecule has 1 aliphatic heterocycles. The summed E-state index contributed by atoms with van der Waals surface area (Å²) >= 11 is 13.7. The molecule has 0 unspecified atom stereocenters. The van der Waals surface area contributed by atoms with Crippen molar-refractivity contribution in [1.29, 1.82) is 0 Å². The number of carbonyl (C=O) groups is 1. The molecule has 6 nitrogen and oxygen atoms in total. The first-order valence-corrected chi connectivity index (χ1v) is 11.5. The number of rotatable bonds is 5. The highest BCUT2D eigenvalue weighted by atomic mass is 35.5. The van der Waals surface area contributed by atoms with Crippen LogP contribution in [0.2, 0.25) is 10.0 Å². The Morgan fingerprint density at radius 3 is 2.73 bits per heavy atom. The zero-order valence-corrected chi connectivity index (χ0v) is 19.6. The van der Waals surface area contributed by atoms with Gasteiger partial charge < -0.3 is 14.2 Å². The van der Waals surface area contributed by atoms with Crippen LogP contribution in [0.4, 0.5) is 10.8 Å². The molecule has 2 heterocycles. The van der Waals surface area contributed by atoms with Crippen LogP contribution in [-0.2, 0) is 0 Å². The molecular formula is C24H16Cl2N2O4S. The van der Waals surface area contributed by atoms with Crippen molar-refractivity contribution in [1.82, 2.24) is 4.98 Å². The third-order valence-electron chi connectivity index (χ3n) is 5.02. The molecule has 0 radical (unpaired) electrons. The summed E-state index contributed by atoms with van der Waals surface area (Å²) in [5.74, 6) is 1.48. The van der Waals surface area contributed by atoms with Crippen molar-refractivity contribution in [3.8, 4) is 28.5 Å². The summed E-state index contributed by atoms with van der Waals surface area (Å²) in [6.45, 7) is 0.129. The van der Waals surface area contributed by atoms with E-state index in [1.165, 1.54) is 16.2 Å². The van der Waals surface area contributed by atoms with E-state index in [2.05, 4.69) is 0 Å². The zero-order valence-electron chi connectivity index (χ0n) is 17.2. The quantitative estimate of drug-likeness (QED) is 0.301. The third-order valence-corrected chi connectivity index (χ3v) is 6.40. The smallest absolute Gasteiger partial charge is 0.264 e. The Bertz CT molecular complexity index is 1360. The predicted molar refractivity (Wildman–Crippen MR) is 130 cm³/mol. The van der Waals surface area contributed by atoms with E-state index in [0.29, 0.717) is 49.4 Å². The van der Waals surface area contributed by atoms with E-state index in [-0.39, 0.29) is 12.7 Å². The lowest BCUT2D eigenvalue weighted by atomic mass is 10.1. The molecule has 4 aromatic rings. The second-order valence-corrected chi connectivity index (χ2v) is 8.73. The number of methoxy groups -OCH3 is 1. The predicted octanol–water partition coefficient (Wildman–Crippen LogP) is 6.83. The molecule has 0 aliphatic carbocycles. The van der Waals surface area contributed by atoms with Crippen molar-refractivity contribution < 1.29 is 19.0 Å². The molecule has 1 amide bonds. The molecule has 0 spiro atoms. The SMILES string of the molecule is COc1cccc(N(C(=O)c2ccc3c(c2)OCO3)c2nc(-c3ccc(Cl)cc3Cl)cs2)c1. The van der Waals surface area contributed by atoms with E-state index in [0.717, 1.165) is 5.56 Å². The minimum atomic E-state index is -0.273. The van der Waals surface area contributed by atoms with E-state index in [9.17, 15) is 4.79 Å². The number of hydrogen-bond acceptors (Lipinski definition) is 6. The molecule has 1 aliphatic rings. The average Bonchev–Trinajstić information content (AvgIpc) is 3.49. The lowest BCUT2D eigenvalue weighted by Crippen LogP contribution is -2.25. The van der Waals surface area contributed by atoms with Crippen LogP contribution in [0.15, 0.2) is 66.0 Å². The van der Waals surface area contributed by atoms with E-state index in [1.54, 1.807) is 49.6 Å². The minimum Gasteiger partial charge on any atom is -0.497 e. The topological polar surface area (TPSA) is 60.9 Å². The molecule has 166 valence electrons. The Kier molecular flexibility index (Phi) is 5.85. The van der Waals surface area contributed by atoms with E-state index in [4.69, 9.17) is 42.4 Å². The first kappa shape index (κ1) is 21.6. The number of thiazole rings is 1. The van der Waals surface area contributed by atoms with Gasteiger partial charge >= 0.3 is 0 Å². The van der Waals surface area contributed by atoms with Gasteiger partial charge in [-0.2, -0.15) is 0 Å². The van der Waals surface area contributed by atoms with Gasteiger partial charge in [-0.25, -0.2) is 4.98 Å². The molecule has 0 bridgehead atoms. The Balaban J connectivity index is 1.59. The Morgan fingerprint density at radius 1 is 1.06 bits per heavy atom. The van der Waals surface area contributed by atoms with Gasteiger partial charge in [0, 0.05) is 27.6 Å². The number of ether oxygens (including phenoxy) is 3. The summed E-state index contributed by atoms with van der Waals surface area (Å²) < 4.78 is 16.2. The first-order chi connectivity index (χ1) is 16.0. The Hall–Kier alpha value is -3.26. The van der Waals surface area contributed by atoms with Crippen LogP contribution in [0.3, 0.4) is 0 Å². The fourth-order valence-corrected chi connectivity index (χ4v) is 4.76. The van der Waals surface area contributed by atoms with Gasteiger partial charge in [-0.15, -0.1) is 11.3 Å². The molecule has 0 N–H and O–H groups in total. The highest BCUT2D eigenvalue weighted by Gasteiger charge is 2.26. The minimum absolute atomic E-state index is 0.129. The molecule has 33 heavy (non-hydrogen) atoms. The van der Waals surface area contributed by atoms with Crippen molar-refractivity contribution in [3.05, 3.63) is 81.7 Å². The number of amides is 1. The van der Waals surface area contributed by atoms with Crippen LogP contribution < -0.4 is 19.1 Å². The molecule has 0 fully saturated rings. The van der Waals surface area contributed by atoms with Gasteiger partial charge in [0.2, 0.25) is 6.79 Å². The van der Waals surface area contributed by atoms with Gasteiger partial charge in [0.15, 0.2) is 16.6 Å². The second-order valence-electron chi connectivity index (χ2n) is 7.05. The lowest BCUT2D eigenvalue weighted by Gasteiger charge is -2.21. The molecule has 3 aromatic carbocycles. The number of anilines is 2.